The summed E-state index contributed by atoms with van der Waals surface area (Å²) < 4.78 is 5.66. The van der Waals surface area contributed by atoms with E-state index < -0.39 is 0 Å². The minimum Gasteiger partial charge on any atom is -0.374 e. The van der Waals surface area contributed by atoms with E-state index in [4.69, 9.17) is 10.00 Å². The van der Waals surface area contributed by atoms with E-state index in [0.717, 1.165) is 37.8 Å². The molecular formula is C13H18N4O. The third-order valence-corrected chi connectivity index (χ3v) is 2.98. The zero-order valence-corrected chi connectivity index (χ0v) is 10.8. The van der Waals surface area contributed by atoms with Crippen molar-refractivity contribution in [2.45, 2.75) is 13.0 Å². The Morgan fingerprint density at radius 1 is 1.61 bits per heavy atom. The average Bonchev–Trinajstić information content (AvgIpc) is 2.40. The lowest BCUT2D eigenvalue weighted by molar-refractivity contribution is 0.0339. The SMILES string of the molecule is Cc1ccc(C#N)c(N(C)CC2CNCCO2)n1. The van der Waals surface area contributed by atoms with Gasteiger partial charge in [-0.15, -0.1) is 0 Å². The van der Waals surface area contributed by atoms with Gasteiger partial charge in [0.1, 0.15) is 11.9 Å². The smallest absolute Gasteiger partial charge is 0.146 e. The summed E-state index contributed by atoms with van der Waals surface area (Å²) in [6, 6.07) is 5.85. The van der Waals surface area contributed by atoms with E-state index in [9.17, 15) is 0 Å². The molecule has 5 nitrogen and oxygen atoms in total. The van der Waals surface area contributed by atoms with Gasteiger partial charge in [-0.3, -0.25) is 0 Å². The van der Waals surface area contributed by atoms with E-state index in [2.05, 4.69) is 16.4 Å². The van der Waals surface area contributed by atoms with Gasteiger partial charge in [0.05, 0.1) is 18.3 Å². The van der Waals surface area contributed by atoms with Crippen LogP contribution in [0.3, 0.4) is 0 Å². The third kappa shape index (κ3) is 2.97. The van der Waals surface area contributed by atoms with E-state index in [-0.39, 0.29) is 6.10 Å². The van der Waals surface area contributed by atoms with Crippen molar-refractivity contribution in [1.29, 1.82) is 5.26 Å². The molecule has 1 atom stereocenters. The maximum atomic E-state index is 9.10. The highest BCUT2D eigenvalue weighted by Crippen LogP contribution is 2.17. The van der Waals surface area contributed by atoms with Crippen molar-refractivity contribution in [1.82, 2.24) is 10.3 Å². The van der Waals surface area contributed by atoms with Gasteiger partial charge in [-0.2, -0.15) is 5.26 Å². The summed E-state index contributed by atoms with van der Waals surface area (Å²) in [5.74, 6) is 0.728. The Labute approximate surface area is 107 Å². The summed E-state index contributed by atoms with van der Waals surface area (Å²) in [6.45, 7) is 5.16. The van der Waals surface area contributed by atoms with Gasteiger partial charge in [-0.25, -0.2) is 4.98 Å². The Hall–Kier alpha value is -1.64. The molecule has 0 saturated carbocycles. The summed E-state index contributed by atoms with van der Waals surface area (Å²) in [5.41, 5.74) is 1.52. The minimum atomic E-state index is 0.151. The highest BCUT2D eigenvalue weighted by Gasteiger charge is 2.18. The maximum Gasteiger partial charge on any atom is 0.146 e. The summed E-state index contributed by atoms with van der Waals surface area (Å²) >= 11 is 0. The molecule has 0 bridgehead atoms. The molecule has 1 aliphatic heterocycles. The normalized spacial score (nSPS) is 19.3. The zero-order valence-electron chi connectivity index (χ0n) is 10.8. The topological polar surface area (TPSA) is 61.2 Å². The minimum absolute atomic E-state index is 0.151. The second-order valence-electron chi connectivity index (χ2n) is 4.51. The fourth-order valence-electron chi connectivity index (χ4n) is 2.05. The van der Waals surface area contributed by atoms with Crippen LogP contribution in [0.1, 0.15) is 11.3 Å². The molecule has 18 heavy (non-hydrogen) atoms. The Morgan fingerprint density at radius 3 is 3.11 bits per heavy atom. The first-order valence-corrected chi connectivity index (χ1v) is 6.12. The first-order valence-electron chi connectivity index (χ1n) is 6.12. The Bertz CT molecular complexity index is 449. The van der Waals surface area contributed by atoms with Gasteiger partial charge in [0.2, 0.25) is 0 Å². The lowest BCUT2D eigenvalue weighted by Gasteiger charge is -2.29. The molecule has 0 aliphatic carbocycles. The predicted molar refractivity (Wildman–Crippen MR) is 69.6 cm³/mol. The highest BCUT2D eigenvalue weighted by molar-refractivity contribution is 5.53. The van der Waals surface area contributed by atoms with Crippen molar-refractivity contribution in [3.63, 3.8) is 0 Å². The van der Waals surface area contributed by atoms with Crippen LogP contribution in [-0.4, -0.2) is 44.4 Å². The van der Waals surface area contributed by atoms with Crippen LogP contribution in [0.25, 0.3) is 0 Å². The number of aromatic nitrogens is 1. The van der Waals surface area contributed by atoms with Crippen LogP contribution in [-0.2, 0) is 4.74 Å². The molecule has 96 valence electrons. The van der Waals surface area contributed by atoms with Gasteiger partial charge in [-0.05, 0) is 19.1 Å². The largest absolute Gasteiger partial charge is 0.374 e. The van der Waals surface area contributed by atoms with Crippen molar-refractivity contribution in [2.75, 3.05) is 38.2 Å². The average molecular weight is 246 g/mol. The second-order valence-corrected chi connectivity index (χ2v) is 4.51. The van der Waals surface area contributed by atoms with E-state index in [1.165, 1.54) is 0 Å². The van der Waals surface area contributed by atoms with Crippen LogP contribution < -0.4 is 10.2 Å². The number of pyridine rings is 1. The molecule has 0 amide bonds. The maximum absolute atomic E-state index is 9.10. The molecule has 1 fully saturated rings. The summed E-state index contributed by atoms with van der Waals surface area (Å²) in [6.07, 6.45) is 0.151. The molecule has 1 N–H and O–H groups in total. The van der Waals surface area contributed by atoms with Gasteiger partial charge in [0, 0.05) is 32.4 Å². The molecule has 1 aromatic heterocycles. The standard InChI is InChI=1S/C13H18N4O/c1-10-3-4-11(7-14)13(16-10)17(2)9-12-8-15-5-6-18-12/h3-4,12,15H,5-6,8-9H2,1-2H3. The number of morpholine rings is 1. The Balaban J connectivity index is 2.10. The Kier molecular flexibility index (Phi) is 4.13. The quantitative estimate of drug-likeness (QED) is 0.850. The molecule has 1 aliphatic rings. The lowest BCUT2D eigenvalue weighted by Crippen LogP contribution is -2.44. The molecular weight excluding hydrogens is 228 g/mol. The molecule has 1 saturated heterocycles. The van der Waals surface area contributed by atoms with Gasteiger partial charge in [0.15, 0.2) is 0 Å². The molecule has 0 spiro atoms. The first-order chi connectivity index (χ1) is 8.70. The van der Waals surface area contributed by atoms with Crippen molar-refractivity contribution in [2.24, 2.45) is 0 Å². The third-order valence-electron chi connectivity index (χ3n) is 2.98. The number of nitrogens with zero attached hydrogens (tertiary/aromatic N) is 3. The molecule has 1 aromatic rings. The number of hydrogen-bond donors (Lipinski definition) is 1. The molecule has 0 radical (unpaired) electrons. The number of rotatable bonds is 3. The van der Waals surface area contributed by atoms with Gasteiger partial charge >= 0.3 is 0 Å². The van der Waals surface area contributed by atoms with E-state index in [1.807, 2.05) is 31.0 Å². The molecule has 2 heterocycles. The van der Waals surface area contributed by atoms with Crippen LogP contribution >= 0.6 is 0 Å². The van der Waals surface area contributed by atoms with Crippen molar-refractivity contribution in [3.05, 3.63) is 23.4 Å². The van der Waals surface area contributed by atoms with Crippen LogP contribution in [0, 0.1) is 18.3 Å². The Morgan fingerprint density at radius 2 is 2.44 bits per heavy atom. The summed E-state index contributed by atoms with van der Waals surface area (Å²) in [5, 5.41) is 12.4. The van der Waals surface area contributed by atoms with Crippen LogP contribution in [0.15, 0.2) is 12.1 Å². The number of nitriles is 1. The molecule has 5 heteroatoms. The number of ether oxygens (including phenoxy) is 1. The fraction of sp³-hybridized carbons (Fsp3) is 0.538. The fourth-order valence-corrected chi connectivity index (χ4v) is 2.05. The number of anilines is 1. The van der Waals surface area contributed by atoms with Crippen LogP contribution in [0.4, 0.5) is 5.82 Å². The van der Waals surface area contributed by atoms with E-state index in [1.54, 1.807) is 0 Å². The summed E-state index contributed by atoms with van der Waals surface area (Å²) in [4.78, 5) is 6.43. The second kappa shape index (κ2) is 5.80. The van der Waals surface area contributed by atoms with E-state index in [0.29, 0.717) is 5.56 Å². The van der Waals surface area contributed by atoms with Crippen LogP contribution in [0.2, 0.25) is 0 Å². The van der Waals surface area contributed by atoms with Gasteiger partial charge < -0.3 is 15.0 Å². The van der Waals surface area contributed by atoms with Crippen molar-refractivity contribution in [3.8, 4) is 6.07 Å². The monoisotopic (exact) mass is 246 g/mol. The van der Waals surface area contributed by atoms with Crippen LogP contribution in [0.5, 0.6) is 0 Å². The number of aryl methyl sites for hydroxylation is 1. The number of likely N-dealkylation sites (N-methyl/N-ethyl adjacent to an activating group) is 1. The number of nitrogens with one attached hydrogen (secondary N) is 1. The van der Waals surface area contributed by atoms with Crippen molar-refractivity contribution < 1.29 is 4.74 Å². The predicted octanol–water partition coefficient (Wildman–Crippen LogP) is 0.686. The molecule has 1 unspecified atom stereocenters. The molecule has 2 rings (SSSR count). The van der Waals surface area contributed by atoms with Gasteiger partial charge in [0.25, 0.3) is 0 Å². The van der Waals surface area contributed by atoms with Crippen molar-refractivity contribution >= 4 is 5.82 Å². The number of hydrogen-bond acceptors (Lipinski definition) is 5. The van der Waals surface area contributed by atoms with E-state index >= 15 is 0 Å². The first kappa shape index (κ1) is 12.8. The van der Waals surface area contributed by atoms with Gasteiger partial charge in [-0.1, -0.05) is 0 Å². The molecule has 0 aromatic carbocycles. The zero-order chi connectivity index (χ0) is 13.0. The highest BCUT2D eigenvalue weighted by atomic mass is 16.5. The summed E-state index contributed by atoms with van der Waals surface area (Å²) in [7, 11) is 1.95. The lowest BCUT2D eigenvalue weighted by atomic mass is 10.2.